The second-order valence-electron chi connectivity index (χ2n) is 10.8. The minimum absolute atomic E-state index is 0.0898. The van der Waals surface area contributed by atoms with E-state index in [1.165, 1.54) is 12.1 Å². The number of morpholine rings is 1. The number of fused-ring (bicyclic) bond motifs is 1. The highest BCUT2D eigenvalue weighted by Crippen LogP contribution is 2.39. The summed E-state index contributed by atoms with van der Waals surface area (Å²) in [6, 6.07) is 30.8. The Bertz CT molecular complexity index is 1680. The van der Waals surface area contributed by atoms with Crippen LogP contribution in [0.15, 0.2) is 103 Å². The van der Waals surface area contributed by atoms with Crippen LogP contribution in [0.1, 0.15) is 34.6 Å². The van der Waals surface area contributed by atoms with Crippen molar-refractivity contribution in [1.82, 2.24) is 9.47 Å². The normalized spacial score (nSPS) is 14.0. The van der Waals surface area contributed by atoms with E-state index in [1.54, 1.807) is 7.11 Å². The number of hydrogen-bond donors (Lipinski definition) is 0. The largest absolute Gasteiger partial charge is 0.493 e. The molecule has 0 radical (unpaired) electrons. The Balaban J connectivity index is 1.37. The molecule has 0 spiro atoms. The van der Waals surface area contributed by atoms with Gasteiger partial charge in [0.25, 0.3) is 0 Å². The molecule has 6 rings (SSSR count). The smallest absolute Gasteiger partial charge is 0.223 e. The van der Waals surface area contributed by atoms with Gasteiger partial charge in [0.05, 0.1) is 20.3 Å². The summed E-state index contributed by atoms with van der Waals surface area (Å²) >= 11 is 0. The molecule has 1 aliphatic rings. The van der Waals surface area contributed by atoms with Gasteiger partial charge in [-0.25, -0.2) is 4.39 Å². The number of nitrogens with zero attached hydrogens (tertiary/aromatic N) is 2. The summed E-state index contributed by atoms with van der Waals surface area (Å²) in [6.07, 6.45) is 2.44. The Labute approximate surface area is 251 Å². The Morgan fingerprint density at radius 1 is 0.884 bits per heavy atom. The summed E-state index contributed by atoms with van der Waals surface area (Å²) in [5.74, 6) is 0.867. The molecular formula is C36H35FN2O4. The van der Waals surface area contributed by atoms with Crippen LogP contribution in [-0.2, 0) is 22.7 Å². The van der Waals surface area contributed by atoms with Crippen molar-refractivity contribution in [1.29, 1.82) is 0 Å². The van der Waals surface area contributed by atoms with Crippen LogP contribution in [0, 0.1) is 5.82 Å². The minimum atomic E-state index is -0.256. The number of benzene rings is 4. The van der Waals surface area contributed by atoms with Gasteiger partial charge in [-0.1, -0.05) is 66.7 Å². The van der Waals surface area contributed by atoms with Crippen molar-refractivity contribution < 1.29 is 23.4 Å². The van der Waals surface area contributed by atoms with Gasteiger partial charge >= 0.3 is 0 Å². The predicted octanol–water partition coefficient (Wildman–Crippen LogP) is 6.80. The molecule has 1 aliphatic heterocycles. The molecule has 0 N–H and O–H groups in total. The molecule has 0 unspecified atom stereocenters. The lowest BCUT2D eigenvalue weighted by atomic mass is 9.87. The third-order valence-corrected chi connectivity index (χ3v) is 8.03. The molecule has 1 fully saturated rings. The van der Waals surface area contributed by atoms with E-state index in [0.717, 1.165) is 33.2 Å². The number of ether oxygens (including phenoxy) is 3. The first-order chi connectivity index (χ1) is 21.1. The van der Waals surface area contributed by atoms with Crippen LogP contribution in [-0.4, -0.2) is 48.8 Å². The van der Waals surface area contributed by atoms with Crippen LogP contribution < -0.4 is 9.47 Å². The molecule has 0 saturated carbocycles. The molecule has 0 aliphatic carbocycles. The zero-order valence-electron chi connectivity index (χ0n) is 24.2. The van der Waals surface area contributed by atoms with Crippen molar-refractivity contribution in [2.24, 2.45) is 0 Å². The van der Waals surface area contributed by atoms with Crippen LogP contribution >= 0.6 is 0 Å². The third kappa shape index (κ3) is 6.57. The van der Waals surface area contributed by atoms with Gasteiger partial charge in [-0.15, -0.1) is 0 Å². The van der Waals surface area contributed by atoms with Gasteiger partial charge in [-0.3, -0.25) is 4.79 Å². The van der Waals surface area contributed by atoms with Crippen molar-refractivity contribution in [2.45, 2.75) is 25.5 Å². The first-order valence-corrected chi connectivity index (χ1v) is 14.6. The van der Waals surface area contributed by atoms with E-state index in [0.29, 0.717) is 57.4 Å². The first kappa shape index (κ1) is 28.5. The maximum atomic E-state index is 13.7. The van der Waals surface area contributed by atoms with Gasteiger partial charge in [0.1, 0.15) is 12.4 Å². The Morgan fingerprint density at radius 3 is 2.40 bits per heavy atom. The fourth-order valence-electron chi connectivity index (χ4n) is 5.75. The van der Waals surface area contributed by atoms with Crippen molar-refractivity contribution >= 4 is 16.8 Å². The second kappa shape index (κ2) is 13.1. The summed E-state index contributed by atoms with van der Waals surface area (Å²) in [4.78, 5) is 15.6. The van der Waals surface area contributed by atoms with Gasteiger partial charge in [0.2, 0.25) is 5.91 Å². The van der Waals surface area contributed by atoms with Gasteiger partial charge in [0.15, 0.2) is 11.5 Å². The summed E-state index contributed by atoms with van der Waals surface area (Å²) in [6.45, 7) is 3.29. The molecule has 1 atom stereocenters. The highest BCUT2D eigenvalue weighted by Gasteiger charge is 2.27. The van der Waals surface area contributed by atoms with Crippen LogP contribution in [0.3, 0.4) is 0 Å². The molecule has 0 bridgehead atoms. The van der Waals surface area contributed by atoms with Gasteiger partial charge in [-0.2, -0.15) is 0 Å². The number of carbonyl (C=O) groups is 1. The molecule has 1 amide bonds. The van der Waals surface area contributed by atoms with E-state index < -0.39 is 0 Å². The third-order valence-electron chi connectivity index (χ3n) is 8.03. The number of amides is 1. The molecule has 4 aromatic carbocycles. The number of rotatable bonds is 10. The zero-order chi connectivity index (χ0) is 29.6. The quantitative estimate of drug-likeness (QED) is 0.183. The molecule has 1 saturated heterocycles. The number of halogens is 1. The lowest BCUT2D eigenvalue weighted by Crippen LogP contribution is -2.41. The molecule has 220 valence electrons. The maximum absolute atomic E-state index is 13.7. The minimum Gasteiger partial charge on any atom is -0.493 e. The Hall–Kier alpha value is -4.62. The molecule has 7 heteroatoms. The summed E-state index contributed by atoms with van der Waals surface area (Å²) in [5.41, 5.74) is 5.14. The zero-order valence-corrected chi connectivity index (χ0v) is 24.2. The number of carbonyl (C=O) groups excluding carboxylic acids is 1. The standard InChI is InChI=1S/C36H35FN2O4/c1-41-35-21-28(13-16-34(35)43-25-27-7-3-2-4-8-27)31(22-36(40)38-17-19-42-20-18-38)32-24-39(33-10-6-5-9-30(32)33)23-26-11-14-29(37)15-12-26/h2-16,21,24,31H,17-20,22-23,25H2,1H3/t31-/m0/s1. The fourth-order valence-corrected chi connectivity index (χ4v) is 5.75. The molecule has 5 aromatic rings. The highest BCUT2D eigenvalue weighted by atomic mass is 19.1. The van der Waals surface area contributed by atoms with E-state index in [9.17, 15) is 9.18 Å². The predicted molar refractivity (Wildman–Crippen MR) is 165 cm³/mol. The molecule has 1 aromatic heterocycles. The van der Waals surface area contributed by atoms with Crippen molar-refractivity contribution in [3.05, 3.63) is 131 Å². The molecule has 43 heavy (non-hydrogen) atoms. The van der Waals surface area contributed by atoms with Crippen molar-refractivity contribution in [3.63, 3.8) is 0 Å². The Kier molecular flexibility index (Phi) is 8.70. The highest BCUT2D eigenvalue weighted by molar-refractivity contribution is 5.87. The number of hydrogen-bond acceptors (Lipinski definition) is 4. The molecular weight excluding hydrogens is 543 g/mol. The van der Waals surface area contributed by atoms with Crippen LogP contribution in [0.4, 0.5) is 4.39 Å². The number of methoxy groups -OCH3 is 1. The molecule has 2 heterocycles. The summed E-state index contributed by atoms with van der Waals surface area (Å²) in [7, 11) is 1.64. The van der Waals surface area contributed by atoms with Crippen molar-refractivity contribution in [2.75, 3.05) is 33.4 Å². The SMILES string of the molecule is COc1cc([C@H](CC(=O)N2CCOCC2)c2cn(Cc3ccc(F)cc3)c3ccccc23)ccc1OCc1ccccc1. The topological polar surface area (TPSA) is 52.9 Å². The van der Waals surface area contributed by atoms with Crippen LogP contribution in [0.2, 0.25) is 0 Å². The van der Waals surface area contributed by atoms with Gasteiger partial charge in [0, 0.05) is 49.1 Å². The lowest BCUT2D eigenvalue weighted by Gasteiger charge is -2.29. The van der Waals surface area contributed by atoms with E-state index in [-0.39, 0.29) is 17.6 Å². The average molecular weight is 579 g/mol. The van der Waals surface area contributed by atoms with Crippen molar-refractivity contribution in [3.8, 4) is 11.5 Å². The Morgan fingerprint density at radius 2 is 1.63 bits per heavy atom. The lowest BCUT2D eigenvalue weighted by molar-refractivity contribution is -0.135. The fraction of sp³-hybridized carbons (Fsp3) is 0.250. The summed E-state index contributed by atoms with van der Waals surface area (Å²) < 4.78 is 33.2. The van der Waals surface area contributed by atoms with Crippen LogP contribution in [0.25, 0.3) is 10.9 Å². The number of para-hydroxylation sites is 1. The van der Waals surface area contributed by atoms with E-state index in [4.69, 9.17) is 14.2 Å². The second-order valence-corrected chi connectivity index (χ2v) is 10.8. The molecule has 6 nitrogen and oxygen atoms in total. The monoisotopic (exact) mass is 578 g/mol. The van der Waals surface area contributed by atoms with Gasteiger partial charge in [-0.05, 0) is 52.6 Å². The van der Waals surface area contributed by atoms with Gasteiger partial charge < -0.3 is 23.7 Å². The average Bonchev–Trinajstić information content (AvgIpc) is 3.42. The van der Waals surface area contributed by atoms with E-state index in [2.05, 4.69) is 22.9 Å². The van der Waals surface area contributed by atoms with E-state index in [1.807, 2.05) is 77.7 Å². The van der Waals surface area contributed by atoms with E-state index >= 15 is 0 Å². The maximum Gasteiger partial charge on any atom is 0.223 e. The van der Waals surface area contributed by atoms with Crippen LogP contribution in [0.5, 0.6) is 11.5 Å². The summed E-state index contributed by atoms with van der Waals surface area (Å²) in [5, 5.41) is 1.08. The number of aromatic nitrogens is 1. The first-order valence-electron chi connectivity index (χ1n) is 14.6.